The Balaban J connectivity index is 1.75. The van der Waals surface area contributed by atoms with Gasteiger partial charge in [-0.2, -0.15) is 0 Å². The maximum absolute atomic E-state index is 14.2. The van der Waals surface area contributed by atoms with Crippen molar-refractivity contribution in [3.8, 4) is 0 Å². The van der Waals surface area contributed by atoms with Gasteiger partial charge >= 0.3 is 0 Å². The third kappa shape index (κ3) is 3.97. The lowest BCUT2D eigenvalue weighted by Crippen LogP contribution is -2.32. The normalized spacial score (nSPS) is 13.9. The number of thioether (sulfide) groups is 1. The zero-order valence-corrected chi connectivity index (χ0v) is 17.4. The van der Waals surface area contributed by atoms with Crippen LogP contribution in [0.5, 0.6) is 0 Å². The highest BCUT2D eigenvalue weighted by Gasteiger charge is 2.40. The van der Waals surface area contributed by atoms with Gasteiger partial charge in [-0.1, -0.05) is 53.2 Å². The molecule has 0 fully saturated rings. The van der Waals surface area contributed by atoms with Crippen molar-refractivity contribution in [1.29, 1.82) is 0 Å². The molecule has 30 heavy (non-hydrogen) atoms. The molecule has 0 atom stereocenters. The number of para-hydroxylation sites is 1. The van der Waals surface area contributed by atoms with Crippen molar-refractivity contribution in [2.24, 2.45) is 0 Å². The molecule has 4 nitrogen and oxygen atoms in total. The predicted molar refractivity (Wildman–Crippen MR) is 118 cm³/mol. The minimum Gasteiger partial charge on any atom is -0.348 e. The Morgan fingerprint density at radius 1 is 0.900 bits per heavy atom. The molecule has 3 aromatic rings. The van der Waals surface area contributed by atoms with E-state index < -0.39 is 17.6 Å². The molecule has 1 N–H and O–H groups in total. The topological polar surface area (TPSA) is 49.4 Å². The van der Waals surface area contributed by atoms with Crippen LogP contribution in [0.3, 0.4) is 0 Å². The number of hydrogen-bond donors (Lipinski definition) is 1. The highest BCUT2D eigenvalue weighted by atomic mass is 35.5. The number of nitrogens with zero attached hydrogens (tertiary/aromatic N) is 1. The molecule has 0 aromatic heterocycles. The Morgan fingerprint density at radius 3 is 2.23 bits per heavy atom. The quantitative estimate of drug-likeness (QED) is 0.513. The molecule has 0 bridgehead atoms. The third-order valence-corrected chi connectivity index (χ3v) is 5.84. The molecule has 0 unspecified atom stereocenters. The van der Waals surface area contributed by atoms with Gasteiger partial charge in [-0.3, -0.25) is 9.59 Å². The summed E-state index contributed by atoms with van der Waals surface area (Å²) in [5.74, 6) is -1.53. The number of aryl methyl sites for hydroxylation is 1. The van der Waals surface area contributed by atoms with Crippen LogP contribution in [0.1, 0.15) is 5.56 Å². The fraction of sp³-hybridized carbons (Fsp3) is 0.0435. The minimum absolute atomic E-state index is 0.0330. The van der Waals surface area contributed by atoms with Crippen LogP contribution in [0.4, 0.5) is 15.8 Å². The van der Waals surface area contributed by atoms with Gasteiger partial charge in [0.15, 0.2) is 0 Å². The molecule has 1 aliphatic rings. The summed E-state index contributed by atoms with van der Waals surface area (Å²) in [6.45, 7) is 1.92. The van der Waals surface area contributed by atoms with Gasteiger partial charge in [-0.25, -0.2) is 9.29 Å². The lowest BCUT2D eigenvalue weighted by atomic mass is 10.2. The average Bonchev–Trinajstić information content (AvgIpc) is 2.96. The van der Waals surface area contributed by atoms with Crippen LogP contribution in [0.15, 0.2) is 88.3 Å². The molecule has 0 spiro atoms. The van der Waals surface area contributed by atoms with Crippen molar-refractivity contribution in [2.45, 2.75) is 11.8 Å². The van der Waals surface area contributed by atoms with Gasteiger partial charge in [-0.15, -0.1) is 0 Å². The summed E-state index contributed by atoms with van der Waals surface area (Å²) in [6.07, 6.45) is 0. The predicted octanol–water partition coefficient (Wildman–Crippen LogP) is 5.78. The molecular weight excluding hydrogens is 423 g/mol. The zero-order valence-electron chi connectivity index (χ0n) is 15.9. The number of benzene rings is 3. The molecule has 1 heterocycles. The molecule has 4 rings (SSSR count). The Hall–Kier alpha value is -3.09. The van der Waals surface area contributed by atoms with E-state index in [4.69, 9.17) is 11.6 Å². The molecule has 0 saturated carbocycles. The van der Waals surface area contributed by atoms with E-state index in [1.54, 1.807) is 48.5 Å². The molecule has 2 amide bonds. The third-order valence-electron chi connectivity index (χ3n) is 4.50. The Kier molecular flexibility index (Phi) is 5.61. The van der Waals surface area contributed by atoms with Crippen molar-refractivity contribution in [3.05, 3.63) is 99.8 Å². The fourth-order valence-corrected chi connectivity index (χ4v) is 4.01. The molecule has 0 radical (unpaired) electrons. The van der Waals surface area contributed by atoms with E-state index >= 15 is 0 Å². The maximum Gasteiger partial charge on any atom is 0.283 e. The van der Waals surface area contributed by atoms with Crippen LogP contribution in [-0.2, 0) is 9.59 Å². The van der Waals surface area contributed by atoms with Crippen LogP contribution in [-0.4, -0.2) is 11.8 Å². The van der Waals surface area contributed by atoms with E-state index in [0.29, 0.717) is 10.7 Å². The summed E-state index contributed by atoms with van der Waals surface area (Å²) in [5, 5.41) is 3.39. The zero-order chi connectivity index (χ0) is 21.3. The second-order valence-electron chi connectivity index (χ2n) is 6.65. The number of carbonyl (C=O) groups excluding carboxylic acids is 2. The van der Waals surface area contributed by atoms with Crippen LogP contribution in [0.2, 0.25) is 5.02 Å². The van der Waals surface area contributed by atoms with Crippen molar-refractivity contribution < 1.29 is 14.0 Å². The monoisotopic (exact) mass is 438 g/mol. The van der Waals surface area contributed by atoms with Crippen LogP contribution >= 0.6 is 23.4 Å². The number of imide groups is 1. The van der Waals surface area contributed by atoms with E-state index in [-0.39, 0.29) is 16.3 Å². The summed E-state index contributed by atoms with van der Waals surface area (Å²) in [5.41, 5.74) is 1.61. The lowest BCUT2D eigenvalue weighted by Gasteiger charge is -2.15. The van der Waals surface area contributed by atoms with Gasteiger partial charge in [0.25, 0.3) is 11.8 Å². The molecule has 3 aromatic carbocycles. The van der Waals surface area contributed by atoms with Crippen molar-refractivity contribution in [1.82, 2.24) is 0 Å². The summed E-state index contributed by atoms with van der Waals surface area (Å²) in [6, 6.07) is 20.0. The Morgan fingerprint density at radius 2 is 1.57 bits per heavy atom. The van der Waals surface area contributed by atoms with Gasteiger partial charge < -0.3 is 5.32 Å². The number of amides is 2. The molecule has 0 aliphatic carbocycles. The molecule has 1 aliphatic heterocycles. The van der Waals surface area contributed by atoms with Gasteiger partial charge in [-0.05, 0) is 55.5 Å². The standard InChI is InChI=1S/C23H16ClFN2O2S/c1-14-6-10-16(11-7-14)27-22(28)20(26-19-5-3-2-4-18(19)25)21(23(27)29)30-17-12-8-15(24)9-13-17/h2-13,26H,1H3. The summed E-state index contributed by atoms with van der Waals surface area (Å²) < 4.78 is 14.2. The smallest absolute Gasteiger partial charge is 0.283 e. The second-order valence-corrected chi connectivity index (χ2v) is 8.17. The Labute approximate surface area is 182 Å². The molecule has 7 heteroatoms. The number of rotatable bonds is 5. The summed E-state index contributed by atoms with van der Waals surface area (Å²) in [7, 11) is 0. The van der Waals surface area contributed by atoms with Crippen LogP contribution < -0.4 is 10.2 Å². The Bertz CT molecular complexity index is 1160. The second kappa shape index (κ2) is 8.34. The van der Waals surface area contributed by atoms with E-state index in [0.717, 1.165) is 27.1 Å². The first kappa shape index (κ1) is 20.2. The number of halogens is 2. The first-order valence-corrected chi connectivity index (χ1v) is 10.3. The van der Waals surface area contributed by atoms with E-state index in [9.17, 15) is 14.0 Å². The van der Waals surface area contributed by atoms with Gasteiger partial charge in [0.1, 0.15) is 16.4 Å². The van der Waals surface area contributed by atoms with Crippen molar-refractivity contribution in [2.75, 3.05) is 10.2 Å². The summed E-state index contributed by atoms with van der Waals surface area (Å²) >= 11 is 7.08. The fourth-order valence-electron chi connectivity index (χ4n) is 2.96. The lowest BCUT2D eigenvalue weighted by molar-refractivity contribution is -0.120. The molecule has 150 valence electrons. The van der Waals surface area contributed by atoms with E-state index in [2.05, 4.69) is 5.32 Å². The first-order valence-electron chi connectivity index (χ1n) is 9.09. The van der Waals surface area contributed by atoms with E-state index in [1.165, 1.54) is 12.1 Å². The summed E-state index contributed by atoms with van der Waals surface area (Å²) in [4.78, 5) is 28.4. The number of carbonyl (C=O) groups is 2. The number of anilines is 2. The molecular formula is C23H16ClFN2O2S. The average molecular weight is 439 g/mol. The number of nitrogens with one attached hydrogen (secondary N) is 1. The molecule has 0 saturated heterocycles. The van der Waals surface area contributed by atoms with Crippen molar-refractivity contribution in [3.63, 3.8) is 0 Å². The van der Waals surface area contributed by atoms with Gasteiger partial charge in [0.2, 0.25) is 0 Å². The largest absolute Gasteiger partial charge is 0.348 e. The van der Waals surface area contributed by atoms with Gasteiger partial charge in [0.05, 0.1) is 11.4 Å². The highest BCUT2D eigenvalue weighted by molar-refractivity contribution is 8.04. The first-order chi connectivity index (χ1) is 14.4. The van der Waals surface area contributed by atoms with Crippen LogP contribution in [0, 0.1) is 12.7 Å². The van der Waals surface area contributed by atoms with Crippen molar-refractivity contribution >= 4 is 46.6 Å². The minimum atomic E-state index is -0.538. The SMILES string of the molecule is Cc1ccc(N2C(=O)C(Nc3ccccc3F)=C(Sc3ccc(Cl)cc3)C2=O)cc1. The van der Waals surface area contributed by atoms with Crippen LogP contribution in [0.25, 0.3) is 0 Å². The highest BCUT2D eigenvalue weighted by Crippen LogP contribution is 2.38. The maximum atomic E-state index is 14.2. The van der Waals surface area contributed by atoms with Gasteiger partial charge in [0, 0.05) is 9.92 Å². The van der Waals surface area contributed by atoms with E-state index in [1.807, 2.05) is 19.1 Å². The number of hydrogen-bond acceptors (Lipinski definition) is 4.